The molecule has 0 spiro atoms. The molecule has 2 heterocycles. The summed E-state index contributed by atoms with van der Waals surface area (Å²) >= 11 is 3.51. The van der Waals surface area contributed by atoms with E-state index < -0.39 is 40.4 Å². The van der Waals surface area contributed by atoms with Gasteiger partial charge in [-0.25, -0.2) is 8.42 Å². The van der Waals surface area contributed by atoms with Crippen LogP contribution in [0.15, 0.2) is 41.0 Å². The molecule has 1 aromatic carbocycles. The van der Waals surface area contributed by atoms with Gasteiger partial charge < -0.3 is 19.0 Å². The first-order valence-electron chi connectivity index (χ1n) is 8.08. The molecule has 0 unspecified atom stereocenters. The van der Waals surface area contributed by atoms with Crippen molar-refractivity contribution >= 4 is 37.2 Å². The molecule has 0 amide bonds. The maximum atomic E-state index is 11.4. The Hall–Kier alpha value is -0.230. The van der Waals surface area contributed by atoms with Crippen LogP contribution in [0.5, 0.6) is 0 Å². The van der Waals surface area contributed by atoms with Crippen LogP contribution >= 0.6 is 15.9 Å². The van der Waals surface area contributed by atoms with Gasteiger partial charge in [-0.15, -0.1) is 0 Å². The number of ether oxygens (including phenoxy) is 2. The molecule has 1 aliphatic carbocycles. The van der Waals surface area contributed by atoms with Crippen molar-refractivity contribution in [2.45, 2.75) is 43.9 Å². The molecule has 0 radical (unpaired) electrons. The monoisotopic (exact) mass is 465 g/mol. The van der Waals surface area contributed by atoms with E-state index in [2.05, 4.69) is 20.9 Å². The Balaban J connectivity index is 0.00000210. The Bertz CT molecular complexity index is 988. The fourth-order valence-corrected chi connectivity index (χ4v) is 4.84. The topological polar surface area (TPSA) is 101 Å². The second-order valence-electron chi connectivity index (χ2n) is 6.86. The number of hydrogen-bond donors (Lipinski definition) is 1. The van der Waals surface area contributed by atoms with Crippen LogP contribution in [0.25, 0.3) is 10.9 Å². The summed E-state index contributed by atoms with van der Waals surface area (Å²) in [6, 6.07) is 7.63. The standard InChI is InChI=1S/C17H18BrNO6S.Na/c1-17(2)23-15-12(18)7-10(14(16(15)24-17)25-26(20,21)22)11-8-19-13-6-4-3-5-9(11)13;/h3-8,10,14-16,19H,1-2H3,(H,20,21,22);/q;+1/p-1/t10-,14-,15-,16+;/m1./s1. The number of rotatable bonds is 3. The Morgan fingerprint density at radius 3 is 2.67 bits per heavy atom. The zero-order valence-corrected chi connectivity index (χ0v) is 19.4. The van der Waals surface area contributed by atoms with Gasteiger partial charge in [-0.1, -0.05) is 40.2 Å². The molecule has 27 heavy (non-hydrogen) atoms. The number of H-pyrrole nitrogens is 1. The van der Waals surface area contributed by atoms with Crippen molar-refractivity contribution in [1.29, 1.82) is 0 Å². The first kappa shape index (κ1) is 21.5. The molecule has 4 rings (SSSR count). The summed E-state index contributed by atoms with van der Waals surface area (Å²) in [7, 11) is -4.93. The fourth-order valence-electron chi connectivity index (χ4n) is 3.70. The Morgan fingerprint density at radius 2 is 1.96 bits per heavy atom. The second kappa shape index (κ2) is 7.55. The maximum absolute atomic E-state index is 11.4. The number of fused-ring (bicyclic) bond motifs is 2. The number of para-hydroxylation sites is 1. The quantitative estimate of drug-likeness (QED) is 0.386. The maximum Gasteiger partial charge on any atom is 1.00 e. The molecule has 0 saturated carbocycles. The fraction of sp³-hybridized carbons (Fsp3) is 0.412. The van der Waals surface area contributed by atoms with E-state index in [1.165, 1.54) is 0 Å². The number of hydrogen-bond acceptors (Lipinski definition) is 6. The van der Waals surface area contributed by atoms with Crippen molar-refractivity contribution in [1.82, 2.24) is 4.98 Å². The molecular weight excluding hydrogens is 449 g/mol. The molecule has 1 saturated heterocycles. The molecule has 1 fully saturated rings. The van der Waals surface area contributed by atoms with Gasteiger partial charge in [-0.2, -0.15) is 0 Å². The predicted octanol–water partition coefficient (Wildman–Crippen LogP) is -0.0866. The molecule has 0 bridgehead atoms. The van der Waals surface area contributed by atoms with Crippen molar-refractivity contribution < 1.29 is 56.2 Å². The van der Waals surface area contributed by atoms with E-state index >= 15 is 0 Å². The minimum atomic E-state index is -4.93. The number of aromatic amines is 1. The Labute approximate surface area is 187 Å². The molecular formula is C17H17BrNNaO6S. The van der Waals surface area contributed by atoms with Crippen molar-refractivity contribution in [3.63, 3.8) is 0 Å². The molecule has 10 heteroatoms. The summed E-state index contributed by atoms with van der Waals surface area (Å²) in [6.07, 6.45) is 1.29. The summed E-state index contributed by atoms with van der Waals surface area (Å²) in [5, 5.41) is 0.919. The number of halogens is 1. The zero-order valence-electron chi connectivity index (χ0n) is 15.0. The zero-order chi connectivity index (χ0) is 18.7. The first-order valence-corrected chi connectivity index (χ1v) is 10.2. The van der Waals surface area contributed by atoms with Gasteiger partial charge in [0.25, 0.3) is 0 Å². The van der Waals surface area contributed by atoms with Crippen molar-refractivity contribution in [2.24, 2.45) is 0 Å². The van der Waals surface area contributed by atoms with E-state index in [4.69, 9.17) is 13.7 Å². The van der Waals surface area contributed by atoms with Crippen molar-refractivity contribution in [2.75, 3.05) is 0 Å². The predicted molar refractivity (Wildman–Crippen MR) is 96.4 cm³/mol. The average Bonchev–Trinajstić information content (AvgIpc) is 3.09. The second-order valence-corrected chi connectivity index (χ2v) is 8.78. The minimum absolute atomic E-state index is 0. The number of benzene rings is 1. The molecule has 1 aromatic heterocycles. The third-order valence-corrected chi connectivity index (χ3v) is 5.80. The van der Waals surface area contributed by atoms with Crippen LogP contribution in [0, 0.1) is 0 Å². The van der Waals surface area contributed by atoms with Crippen LogP contribution in [-0.4, -0.2) is 42.1 Å². The van der Waals surface area contributed by atoms with E-state index in [9.17, 15) is 13.0 Å². The van der Waals surface area contributed by atoms with E-state index in [1.807, 2.05) is 30.3 Å². The molecule has 2 aliphatic rings. The summed E-state index contributed by atoms with van der Waals surface area (Å²) in [6.45, 7) is 3.46. The summed E-state index contributed by atoms with van der Waals surface area (Å²) < 4.78 is 51.6. The van der Waals surface area contributed by atoms with Gasteiger partial charge in [0.1, 0.15) is 18.3 Å². The third kappa shape index (κ3) is 4.22. The van der Waals surface area contributed by atoms with Gasteiger partial charge in [-0.3, -0.25) is 4.18 Å². The van der Waals surface area contributed by atoms with Crippen molar-refractivity contribution in [3.8, 4) is 0 Å². The van der Waals surface area contributed by atoms with Gasteiger partial charge in [0.2, 0.25) is 10.4 Å². The molecule has 2 aromatic rings. The van der Waals surface area contributed by atoms with E-state index in [1.54, 1.807) is 20.0 Å². The van der Waals surface area contributed by atoms with E-state index in [0.717, 1.165) is 20.9 Å². The SMILES string of the molecule is CC1(C)O[C@H]2[C@H](OS(=O)(=O)[O-])[C@@H](c3c[nH]c4ccccc34)C=C(Br)[C@H]2O1.[Na+]. The van der Waals surface area contributed by atoms with Crippen LogP contribution < -0.4 is 29.6 Å². The summed E-state index contributed by atoms with van der Waals surface area (Å²) in [5.74, 6) is -1.44. The largest absolute Gasteiger partial charge is 1.00 e. The Morgan fingerprint density at radius 1 is 1.26 bits per heavy atom. The van der Waals surface area contributed by atoms with Crippen LogP contribution in [0.1, 0.15) is 25.3 Å². The smallest absolute Gasteiger partial charge is 0.726 e. The molecule has 7 nitrogen and oxygen atoms in total. The van der Waals surface area contributed by atoms with Crippen LogP contribution in [-0.2, 0) is 24.1 Å². The van der Waals surface area contributed by atoms with E-state index in [-0.39, 0.29) is 29.6 Å². The normalized spacial score (nSPS) is 29.9. The minimum Gasteiger partial charge on any atom is -0.726 e. The Kier molecular flexibility index (Phi) is 6.00. The van der Waals surface area contributed by atoms with Gasteiger partial charge in [0, 0.05) is 27.5 Å². The molecule has 1 aliphatic heterocycles. The summed E-state index contributed by atoms with van der Waals surface area (Å²) in [5.41, 5.74) is 1.72. The van der Waals surface area contributed by atoms with Crippen LogP contribution in [0.2, 0.25) is 0 Å². The van der Waals surface area contributed by atoms with Gasteiger partial charge in [-0.05, 0) is 25.5 Å². The molecule has 1 N–H and O–H groups in total. The third-order valence-electron chi connectivity index (χ3n) is 4.63. The average molecular weight is 466 g/mol. The molecule has 4 atom stereocenters. The molecule has 140 valence electrons. The number of aromatic nitrogens is 1. The number of nitrogens with one attached hydrogen (secondary N) is 1. The van der Waals surface area contributed by atoms with Gasteiger partial charge in [0.05, 0.1) is 0 Å². The van der Waals surface area contributed by atoms with Crippen molar-refractivity contribution in [3.05, 3.63) is 46.6 Å². The van der Waals surface area contributed by atoms with E-state index in [0.29, 0.717) is 0 Å². The summed E-state index contributed by atoms with van der Waals surface area (Å²) in [4.78, 5) is 3.16. The van der Waals surface area contributed by atoms with Crippen LogP contribution in [0.4, 0.5) is 0 Å². The van der Waals surface area contributed by atoms with Gasteiger partial charge in [0.15, 0.2) is 5.79 Å². The van der Waals surface area contributed by atoms with Gasteiger partial charge >= 0.3 is 29.6 Å². The first-order chi connectivity index (χ1) is 12.1. The van der Waals surface area contributed by atoms with Crippen LogP contribution in [0.3, 0.4) is 0 Å².